The van der Waals surface area contributed by atoms with Gasteiger partial charge in [-0.05, 0) is 12.5 Å². The molecule has 0 unspecified atom stereocenters. The number of rotatable bonds is 4. The highest BCUT2D eigenvalue weighted by molar-refractivity contribution is 5.92. The molecule has 2 aromatic rings. The minimum absolute atomic E-state index is 0.139. The molecule has 0 aliphatic carbocycles. The summed E-state index contributed by atoms with van der Waals surface area (Å²) in [6.45, 7) is 2.55. The molecule has 0 aromatic carbocycles. The maximum atomic E-state index is 11.4. The van der Waals surface area contributed by atoms with Crippen molar-refractivity contribution in [3.8, 4) is 0 Å². The quantitative estimate of drug-likeness (QED) is 0.816. The zero-order valence-electron chi connectivity index (χ0n) is 11.3. The third kappa shape index (κ3) is 2.59. The molecule has 2 heterocycles. The Morgan fingerprint density at radius 3 is 2.79 bits per heavy atom. The number of ether oxygens (including phenoxy) is 1. The van der Waals surface area contributed by atoms with E-state index in [9.17, 15) is 4.79 Å². The summed E-state index contributed by atoms with van der Waals surface area (Å²) >= 11 is 0. The molecule has 102 valence electrons. The van der Waals surface area contributed by atoms with Gasteiger partial charge in [0.2, 0.25) is 0 Å². The average molecular weight is 263 g/mol. The Kier molecular flexibility index (Phi) is 3.55. The van der Waals surface area contributed by atoms with Crippen LogP contribution in [0.25, 0.3) is 0 Å². The van der Waals surface area contributed by atoms with Crippen LogP contribution in [0.15, 0.2) is 12.3 Å². The van der Waals surface area contributed by atoms with E-state index in [2.05, 4.69) is 14.9 Å². The Morgan fingerprint density at radius 1 is 1.47 bits per heavy atom. The van der Waals surface area contributed by atoms with E-state index in [0.717, 1.165) is 17.8 Å². The van der Waals surface area contributed by atoms with Crippen molar-refractivity contribution in [3.05, 3.63) is 29.3 Å². The predicted octanol–water partition coefficient (Wildman–Crippen LogP) is 0.596. The molecule has 0 aliphatic heterocycles. The van der Waals surface area contributed by atoms with Crippen LogP contribution in [-0.2, 0) is 24.8 Å². The van der Waals surface area contributed by atoms with Crippen LogP contribution in [0.1, 0.15) is 28.8 Å². The van der Waals surface area contributed by atoms with Crippen LogP contribution in [0.4, 0.5) is 5.69 Å². The zero-order chi connectivity index (χ0) is 14.0. The van der Waals surface area contributed by atoms with Crippen LogP contribution in [0, 0.1) is 0 Å². The Bertz CT molecular complexity index is 599. The fourth-order valence-corrected chi connectivity index (χ4v) is 1.83. The van der Waals surface area contributed by atoms with Crippen molar-refractivity contribution in [1.82, 2.24) is 19.6 Å². The van der Waals surface area contributed by atoms with Gasteiger partial charge >= 0.3 is 5.97 Å². The van der Waals surface area contributed by atoms with Gasteiger partial charge in [0.05, 0.1) is 30.7 Å². The van der Waals surface area contributed by atoms with Crippen molar-refractivity contribution in [3.63, 3.8) is 0 Å². The van der Waals surface area contributed by atoms with E-state index in [0.29, 0.717) is 12.2 Å². The lowest BCUT2D eigenvalue weighted by Crippen LogP contribution is -2.08. The van der Waals surface area contributed by atoms with Gasteiger partial charge < -0.3 is 10.5 Å². The molecule has 19 heavy (non-hydrogen) atoms. The van der Waals surface area contributed by atoms with Crippen molar-refractivity contribution < 1.29 is 9.53 Å². The summed E-state index contributed by atoms with van der Waals surface area (Å²) in [6.07, 6.45) is 2.49. The number of carbonyl (C=O) groups excluding carboxylic acids is 1. The molecule has 0 amide bonds. The van der Waals surface area contributed by atoms with E-state index in [1.165, 1.54) is 7.11 Å². The highest BCUT2D eigenvalue weighted by Crippen LogP contribution is 2.12. The number of nitrogens with zero attached hydrogens (tertiary/aromatic N) is 4. The molecular weight excluding hydrogens is 246 g/mol. The van der Waals surface area contributed by atoms with E-state index in [1.807, 2.05) is 20.0 Å². The molecule has 2 rings (SSSR count). The molecule has 0 fully saturated rings. The third-order valence-electron chi connectivity index (χ3n) is 2.88. The number of hydrogen-bond acceptors (Lipinski definition) is 5. The highest BCUT2D eigenvalue weighted by Gasteiger charge is 2.16. The molecular formula is C12H17N5O2. The molecule has 7 heteroatoms. The largest absolute Gasteiger partial charge is 0.464 e. The minimum Gasteiger partial charge on any atom is -0.464 e. The van der Waals surface area contributed by atoms with Crippen molar-refractivity contribution in [2.75, 3.05) is 12.8 Å². The SMILES string of the molecule is CCc1cc(Cn2cc(N)c(C(=O)OC)n2)n(C)n1. The second-order valence-corrected chi connectivity index (χ2v) is 4.23. The van der Waals surface area contributed by atoms with Gasteiger partial charge in [0.15, 0.2) is 5.69 Å². The first-order valence-electron chi connectivity index (χ1n) is 5.98. The second-order valence-electron chi connectivity index (χ2n) is 4.23. The lowest BCUT2D eigenvalue weighted by Gasteiger charge is -2.01. The fourth-order valence-electron chi connectivity index (χ4n) is 1.83. The molecule has 0 saturated heterocycles. The standard InChI is InChI=1S/C12H17N5O2/c1-4-8-5-9(16(2)14-8)6-17-7-10(13)11(15-17)12(18)19-3/h5,7H,4,6,13H2,1-3H3. The van der Waals surface area contributed by atoms with Crippen LogP contribution in [0.3, 0.4) is 0 Å². The number of nitrogen functional groups attached to an aromatic ring is 1. The summed E-state index contributed by atoms with van der Waals surface area (Å²) in [4.78, 5) is 11.4. The average Bonchev–Trinajstić information content (AvgIpc) is 2.93. The maximum Gasteiger partial charge on any atom is 0.360 e. The van der Waals surface area contributed by atoms with Crippen molar-refractivity contribution in [2.24, 2.45) is 7.05 Å². The molecule has 7 nitrogen and oxygen atoms in total. The van der Waals surface area contributed by atoms with Crippen molar-refractivity contribution in [2.45, 2.75) is 19.9 Å². The number of methoxy groups -OCH3 is 1. The normalized spacial score (nSPS) is 10.7. The fraction of sp³-hybridized carbons (Fsp3) is 0.417. The molecule has 0 aliphatic rings. The van der Waals surface area contributed by atoms with Gasteiger partial charge in [0, 0.05) is 13.2 Å². The maximum absolute atomic E-state index is 11.4. The number of carbonyl (C=O) groups is 1. The monoisotopic (exact) mass is 263 g/mol. The lowest BCUT2D eigenvalue weighted by molar-refractivity contribution is 0.0594. The van der Waals surface area contributed by atoms with Crippen molar-refractivity contribution >= 4 is 11.7 Å². The number of hydrogen-bond donors (Lipinski definition) is 1. The number of aryl methyl sites for hydroxylation is 2. The van der Waals surface area contributed by atoms with Gasteiger partial charge in [-0.3, -0.25) is 9.36 Å². The Labute approximate surface area is 111 Å². The van der Waals surface area contributed by atoms with Gasteiger partial charge in [-0.1, -0.05) is 6.92 Å². The Morgan fingerprint density at radius 2 is 2.21 bits per heavy atom. The van der Waals surface area contributed by atoms with Gasteiger partial charge in [0.1, 0.15) is 0 Å². The lowest BCUT2D eigenvalue weighted by atomic mass is 10.3. The Balaban J connectivity index is 2.23. The van der Waals surface area contributed by atoms with E-state index in [1.54, 1.807) is 15.6 Å². The van der Waals surface area contributed by atoms with Gasteiger partial charge in [-0.2, -0.15) is 10.2 Å². The summed E-state index contributed by atoms with van der Waals surface area (Å²) in [5, 5.41) is 8.49. The van der Waals surface area contributed by atoms with E-state index < -0.39 is 5.97 Å². The highest BCUT2D eigenvalue weighted by atomic mass is 16.5. The topological polar surface area (TPSA) is 88.0 Å². The van der Waals surface area contributed by atoms with E-state index in [-0.39, 0.29) is 5.69 Å². The molecule has 0 saturated carbocycles. The summed E-state index contributed by atoms with van der Waals surface area (Å²) < 4.78 is 8.02. The van der Waals surface area contributed by atoms with Crippen LogP contribution in [0.5, 0.6) is 0 Å². The summed E-state index contributed by atoms with van der Waals surface area (Å²) in [6, 6.07) is 2.01. The zero-order valence-corrected chi connectivity index (χ0v) is 11.3. The smallest absolute Gasteiger partial charge is 0.360 e. The van der Waals surface area contributed by atoms with Gasteiger partial charge in [-0.15, -0.1) is 0 Å². The first-order chi connectivity index (χ1) is 9.05. The predicted molar refractivity (Wildman–Crippen MR) is 69.7 cm³/mol. The molecule has 0 atom stereocenters. The van der Waals surface area contributed by atoms with Crippen LogP contribution < -0.4 is 5.73 Å². The number of nitrogens with two attached hydrogens (primary N) is 1. The van der Waals surface area contributed by atoms with Crippen LogP contribution >= 0.6 is 0 Å². The van der Waals surface area contributed by atoms with Crippen molar-refractivity contribution in [1.29, 1.82) is 0 Å². The van der Waals surface area contributed by atoms with E-state index in [4.69, 9.17) is 5.73 Å². The van der Waals surface area contributed by atoms with Crippen LogP contribution in [-0.4, -0.2) is 32.6 Å². The molecule has 2 N–H and O–H groups in total. The molecule has 0 bridgehead atoms. The second kappa shape index (κ2) is 5.13. The summed E-state index contributed by atoms with van der Waals surface area (Å²) in [5.74, 6) is -0.532. The first-order valence-corrected chi connectivity index (χ1v) is 5.98. The minimum atomic E-state index is -0.532. The molecule has 0 spiro atoms. The molecule has 2 aromatic heterocycles. The van der Waals surface area contributed by atoms with Gasteiger partial charge in [0.25, 0.3) is 0 Å². The Hall–Kier alpha value is -2.31. The first kappa shape index (κ1) is 13.1. The van der Waals surface area contributed by atoms with Crippen LogP contribution in [0.2, 0.25) is 0 Å². The number of esters is 1. The number of aromatic nitrogens is 4. The van der Waals surface area contributed by atoms with E-state index >= 15 is 0 Å². The molecule has 0 radical (unpaired) electrons. The number of anilines is 1. The third-order valence-corrected chi connectivity index (χ3v) is 2.88. The summed E-state index contributed by atoms with van der Waals surface area (Å²) in [5.41, 5.74) is 8.20. The van der Waals surface area contributed by atoms with Gasteiger partial charge in [-0.25, -0.2) is 4.79 Å². The summed E-state index contributed by atoms with van der Waals surface area (Å²) in [7, 11) is 3.18.